The lowest BCUT2D eigenvalue weighted by atomic mass is 10.3. The number of para-hydroxylation sites is 1. The van der Waals surface area contributed by atoms with Crippen molar-refractivity contribution in [1.82, 2.24) is 5.48 Å². The van der Waals surface area contributed by atoms with E-state index in [9.17, 15) is 9.59 Å². The van der Waals surface area contributed by atoms with Gasteiger partial charge in [-0.3, -0.25) is 14.4 Å². The van der Waals surface area contributed by atoms with Crippen molar-refractivity contribution in [2.45, 2.75) is 6.92 Å². The van der Waals surface area contributed by atoms with Crippen LogP contribution in [0.5, 0.6) is 0 Å². The van der Waals surface area contributed by atoms with Crippen molar-refractivity contribution in [3.05, 3.63) is 30.3 Å². The third-order valence-corrected chi connectivity index (χ3v) is 1.55. The zero-order valence-electron chi connectivity index (χ0n) is 8.32. The van der Waals surface area contributed by atoms with Gasteiger partial charge in [0.05, 0.1) is 6.61 Å². The minimum atomic E-state index is -0.819. The van der Waals surface area contributed by atoms with Gasteiger partial charge in [0.1, 0.15) is 0 Å². The molecule has 0 atom stereocenters. The van der Waals surface area contributed by atoms with Gasteiger partial charge in [-0.1, -0.05) is 18.2 Å². The molecule has 1 aromatic rings. The Labute approximate surface area is 87.4 Å². The summed E-state index contributed by atoms with van der Waals surface area (Å²) in [5, 5.41) is 2.42. The first kappa shape index (κ1) is 11.2. The predicted molar refractivity (Wildman–Crippen MR) is 54.8 cm³/mol. The summed E-state index contributed by atoms with van der Waals surface area (Å²) in [4.78, 5) is 26.9. The second kappa shape index (κ2) is 5.77. The molecule has 0 fully saturated rings. The molecular weight excluding hydrogens is 196 g/mol. The second-order valence-corrected chi connectivity index (χ2v) is 2.68. The largest absolute Gasteiger partial charge is 0.333 e. The first-order valence-corrected chi connectivity index (χ1v) is 4.52. The molecule has 0 bridgehead atoms. The molecule has 2 amide bonds. The van der Waals surface area contributed by atoms with Gasteiger partial charge in [0.2, 0.25) is 0 Å². The highest BCUT2D eigenvalue weighted by Crippen LogP contribution is 2.04. The molecule has 2 N–H and O–H groups in total. The van der Waals surface area contributed by atoms with Crippen LogP contribution in [0.3, 0.4) is 0 Å². The van der Waals surface area contributed by atoms with Gasteiger partial charge in [0, 0.05) is 5.69 Å². The molecule has 0 heterocycles. The van der Waals surface area contributed by atoms with Crippen molar-refractivity contribution in [2.24, 2.45) is 0 Å². The van der Waals surface area contributed by atoms with Crippen LogP contribution in [0.2, 0.25) is 0 Å². The molecule has 15 heavy (non-hydrogen) atoms. The fraction of sp³-hybridized carbons (Fsp3) is 0.200. The quantitative estimate of drug-likeness (QED) is 0.567. The molecule has 0 unspecified atom stereocenters. The predicted octanol–water partition coefficient (Wildman–Crippen LogP) is 0.693. The van der Waals surface area contributed by atoms with Gasteiger partial charge in [0.25, 0.3) is 0 Å². The Kier molecular flexibility index (Phi) is 4.30. The van der Waals surface area contributed by atoms with Gasteiger partial charge < -0.3 is 5.32 Å². The number of carbonyl (C=O) groups excluding carboxylic acids is 2. The maximum atomic E-state index is 11.2. The van der Waals surface area contributed by atoms with Gasteiger partial charge in [0.15, 0.2) is 0 Å². The van der Waals surface area contributed by atoms with Crippen molar-refractivity contribution < 1.29 is 14.4 Å². The van der Waals surface area contributed by atoms with Crippen LogP contribution in [-0.4, -0.2) is 18.4 Å². The van der Waals surface area contributed by atoms with E-state index >= 15 is 0 Å². The summed E-state index contributed by atoms with van der Waals surface area (Å²) in [6.07, 6.45) is 0. The third-order valence-electron chi connectivity index (χ3n) is 1.55. The van der Waals surface area contributed by atoms with E-state index in [4.69, 9.17) is 0 Å². The van der Waals surface area contributed by atoms with E-state index in [0.717, 1.165) is 0 Å². The van der Waals surface area contributed by atoms with Crippen LogP contribution in [0.4, 0.5) is 5.69 Å². The summed E-state index contributed by atoms with van der Waals surface area (Å²) in [5.41, 5.74) is 2.57. The minimum absolute atomic E-state index is 0.310. The van der Waals surface area contributed by atoms with Gasteiger partial charge in [-0.25, -0.2) is 5.48 Å². The Morgan fingerprint density at radius 2 is 1.87 bits per heavy atom. The SMILES string of the molecule is CCONC(=O)C(=O)Nc1ccccc1. The second-order valence-electron chi connectivity index (χ2n) is 2.68. The highest BCUT2D eigenvalue weighted by Gasteiger charge is 2.12. The number of anilines is 1. The summed E-state index contributed by atoms with van der Waals surface area (Å²) in [6, 6.07) is 8.71. The van der Waals surface area contributed by atoms with Crippen molar-refractivity contribution in [3.63, 3.8) is 0 Å². The summed E-state index contributed by atoms with van der Waals surface area (Å²) in [6.45, 7) is 2.01. The third kappa shape index (κ3) is 3.78. The molecule has 1 rings (SSSR count). The van der Waals surface area contributed by atoms with Crippen LogP contribution in [0.15, 0.2) is 30.3 Å². The lowest BCUT2D eigenvalue weighted by Gasteiger charge is -2.04. The average Bonchev–Trinajstić information content (AvgIpc) is 2.27. The zero-order chi connectivity index (χ0) is 11.1. The number of amides is 2. The van der Waals surface area contributed by atoms with E-state index in [2.05, 4.69) is 10.2 Å². The van der Waals surface area contributed by atoms with Crippen LogP contribution in [0.1, 0.15) is 6.92 Å². The zero-order valence-corrected chi connectivity index (χ0v) is 8.32. The Balaban J connectivity index is 2.45. The van der Waals surface area contributed by atoms with E-state index in [1.54, 1.807) is 31.2 Å². The molecule has 0 aliphatic carbocycles. The summed E-state index contributed by atoms with van der Waals surface area (Å²) in [7, 11) is 0. The van der Waals surface area contributed by atoms with Gasteiger partial charge in [-0.05, 0) is 19.1 Å². The summed E-state index contributed by atoms with van der Waals surface area (Å²) in [5.74, 6) is -1.57. The average molecular weight is 208 g/mol. The molecule has 0 spiro atoms. The Hall–Kier alpha value is -1.88. The number of benzene rings is 1. The van der Waals surface area contributed by atoms with Crippen molar-refractivity contribution in [2.75, 3.05) is 11.9 Å². The van der Waals surface area contributed by atoms with Crippen LogP contribution in [0, 0.1) is 0 Å². The molecule has 80 valence electrons. The molecule has 0 aliphatic heterocycles. The van der Waals surface area contributed by atoms with E-state index < -0.39 is 11.8 Å². The Morgan fingerprint density at radius 3 is 2.47 bits per heavy atom. The number of hydrogen-bond acceptors (Lipinski definition) is 3. The fourth-order valence-corrected chi connectivity index (χ4v) is 0.893. The standard InChI is InChI=1S/C10H12N2O3/c1-2-15-12-10(14)9(13)11-8-6-4-3-5-7-8/h3-7H,2H2,1H3,(H,11,13)(H,12,14). The van der Waals surface area contributed by atoms with E-state index in [1.807, 2.05) is 11.5 Å². The molecule has 0 saturated carbocycles. The van der Waals surface area contributed by atoms with Crippen molar-refractivity contribution in [1.29, 1.82) is 0 Å². The summed E-state index contributed by atoms with van der Waals surface area (Å²) < 4.78 is 0. The van der Waals surface area contributed by atoms with E-state index in [1.165, 1.54) is 0 Å². The van der Waals surface area contributed by atoms with Crippen LogP contribution in [0.25, 0.3) is 0 Å². The topological polar surface area (TPSA) is 67.4 Å². The molecular formula is C10H12N2O3. The Bertz CT molecular complexity index is 338. The molecule has 5 heteroatoms. The lowest BCUT2D eigenvalue weighted by molar-refractivity contribution is -0.144. The molecule has 0 aliphatic rings. The number of hydrogen-bond donors (Lipinski definition) is 2. The highest BCUT2D eigenvalue weighted by molar-refractivity contribution is 6.39. The number of nitrogens with one attached hydrogen (secondary N) is 2. The van der Waals surface area contributed by atoms with Crippen LogP contribution >= 0.6 is 0 Å². The number of hydroxylamine groups is 1. The molecule has 0 saturated heterocycles. The highest BCUT2D eigenvalue weighted by atomic mass is 16.6. The van der Waals surface area contributed by atoms with Gasteiger partial charge in [-0.15, -0.1) is 0 Å². The maximum Gasteiger partial charge on any atom is 0.333 e. The van der Waals surface area contributed by atoms with Crippen molar-refractivity contribution >= 4 is 17.5 Å². The molecule has 0 aromatic heterocycles. The number of carbonyl (C=O) groups is 2. The molecule has 1 aromatic carbocycles. The van der Waals surface area contributed by atoms with Crippen LogP contribution in [-0.2, 0) is 14.4 Å². The normalized spacial score (nSPS) is 9.40. The monoisotopic (exact) mass is 208 g/mol. The van der Waals surface area contributed by atoms with E-state index in [-0.39, 0.29) is 0 Å². The lowest BCUT2D eigenvalue weighted by Crippen LogP contribution is -2.35. The maximum absolute atomic E-state index is 11.2. The molecule has 5 nitrogen and oxygen atoms in total. The van der Waals surface area contributed by atoms with Crippen LogP contribution < -0.4 is 10.8 Å². The summed E-state index contributed by atoms with van der Waals surface area (Å²) >= 11 is 0. The van der Waals surface area contributed by atoms with Gasteiger partial charge in [-0.2, -0.15) is 0 Å². The van der Waals surface area contributed by atoms with E-state index in [0.29, 0.717) is 12.3 Å². The molecule has 0 radical (unpaired) electrons. The van der Waals surface area contributed by atoms with Crippen molar-refractivity contribution in [3.8, 4) is 0 Å². The fourth-order valence-electron chi connectivity index (χ4n) is 0.893. The first-order chi connectivity index (χ1) is 7.24. The minimum Gasteiger partial charge on any atom is -0.318 e. The smallest absolute Gasteiger partial charge is 0.318 e. The Morgan fingerprint density at radius 1 is 1.20 bits per heavy atom. The van der Waals surface area contributed by atoms with Gasteiger partial charge >= 0.3 is 11.8 Å². The first-order valence-electron chi connectivity index (χ1n) is 4.52. The number of rotatable bonds is 3.